The van der Waals surface area contributed by atoms with Gasteiger partial charge in [-0.2, -0.15) is 0 Å². The van der Waals surface area contributed by atoms with Crippen LogP contribution in [0.2, 0.25) is 5.02 Å². The first-order valence-electron chi connectivity index (χ1n) is 9.80. The van der Waals surface area contributed by atoms with Gasteiger partial charge in [-0.15, -0.1) is 0 Å². The number of H-pyrrole nitrogens is 1. The summed E-state index contributed by atoms with van der Waals surface area (Å²) in [5.74, 6) is -1.43. The van der Waals surface area contributed by atoms with Gasteiger partial charge in [-0.3, -0.25) is 4.79 Å². The molecule has 3 aromatic heterocycles. The lowest BCUT2D eigenvalue weighted by Gasteiger charge is -2.40. The van der Waals surface area contributed by atoms with E-state index in [1.54, 1.807) is 19.2 Å². The fourth-order valence-electron chi connectivity index (χ4n) is 3.89. The highest BCUT2D eigenvalue weighted by Gasteiger charge is 2.43. The second kappa shape index (κ2) is 8.16. The maximum Gasteiger partial charge on any atom is 0.312 e. The molecule has 1 aliphatic carbocycles. The van der Waals surface area contributed by atoms with Crippen molar-refractivity contribution in [2.45, 2.75) is 38.3 Å². The zero-order valence-corrected chi connectivity index (χ0v) is 17.2. The number of nitrogens with two attached hydrogens (primary N) is 1. The fourth-order valence-corrected chi connectivity index (χ4v) is 4.04. The minimum absolute atomic E-state index is 0.0666. The van der Waals surface area contributed by atoms with Crippen LogP contribution in [0.4, 0.5) is 10.2 Å². The summed E-state index contributed by atoms with van der Waals surface area (Å²) in [5.41, 5.74) is 6.61. The molecule has 1 aliphatic rings. The number of rotatable bonds is 5. The number of carbonyl (C=O) groups excluding carboxylic acids is 1. The van der Waals surface area contributed by atoms with Crippen molar-refractivity contribution in [3.05, 3.63) is 35.5 Å². The summed E-state index contributed by atoms with van der Waals surface area (Å²) in [6, 6.07) is 1.73. The van der Waals surface area contributed by atoms with Crippen molar-refractivity contribution in [1.29, 1.82) is 0 Å². The number of aromatic nitrogens is 4. The number of pyridine rings is 1. The number of nitrogens with zero attached hydrogens (tertiary/aromatic N) is 3. The number of hydrogen-bond acceptors (Lipinski definition) is 7. The predicted octanol–water partition coefficient (Wildman–Crippen LogP) is 3.63. The van der Waals surface area contributed by atoms with Crippen LogP contribution >= 0.6 is 11.6 Å². The van der Waals surface area contributed by atoms with Crippen molar-refractivity contribution in [3.8, 4) is 11.4 Å². The Hall–Kier alpha value is -2.78. The topological polar surface area (TPSA) is 119 Å². The van der Waals surface area contributed by atoms with E-state index in [0.717, 1.165) is 19.0 Å². The van der Waals surface area contributed by atoms with Gasteiger partial charge in [0, 0.05) is 23.3 Å². The number of carbonyl (C=O) groups is 1. The van der Waals surface area contributed by atoms with Gasteiger partial charge < -0.3 is 20.8 Å². The number of fused-ring (bicyclic) bond motifs is 1. The Balaban J connectivity index is 1.69. The normalized spacial score (nSPS) is 21.5. The number of anilines is 1. The van der Waals surface area contributed by atoms with Crippen molar-refractivity contribution in [3.63, 3.8) is 0 Å². The van der Waals surface area contributed by atoms with Gasteiger partial charge in [0.2, 0.25) is 0 Å². The van der Waals surface area contributed by atoms with E-state index in [-0.39, 0.29) is 24.2 Å². The molecule has 2 atom stereocenters. The Morgan fingerprint density at radius 1 is 1.43 bits per heavy atom. The van der Waals surface area contributed by atoms with Gasteiger partial charge in [0.25, 0.3) is 0 Å². The van der Waals surface area contributed by atoms with E-state index in [0.29, 0.717) is 34.5 Å². The lowest BCUT2D eigenvalue weighted by molar-refractivity contribution is -0.151. The number of esters is 1. The number of nitrogens with one attached hydrogen (secondary N) is 2. The zero-order valence-electron chi connectivity index (χ0n) is 16.4. The Labute approximate surface area is 177 Å². The molecule has 0 amide bonds. The first-order valence-corrected chi connectivity index (χ1v) is 10.2. The summed E-state index contributed by atoms with van der Waals surface area (Å²) in [4.78, 5) is 28.1. The molecular formula is C20H22ClFN6O2. The molecule has 158 valence electrons. The largest absolute Gasteiger partial charge is 0.466 e. The molecule has 8 nitrogen and oxygen atoms in total. The third-order valence-electron chi connectivity index (χ3n) is 5.36. The van der Waals surface area contributed by atoms with Crippen molar-refractivity contribution >= 4 is 34.4 Å². The average Bonchev–Trinajstić information content (AvgIpc) is 3.13. The maximum absolute atomic E-state index is 14.6. The Kier molecular flexibility index (Phi) is 5.57. The van der Waals surface area contributed by atoms with Crippen LogP contribution < -0.4 is 11.1 Å². The molecule has 10 heteroatoms. The van der Waals surface area contributed by atoms with E-state index in [9.17, 15) is 9.18 Å². The SMILES string of the molecule is CCOC(=O)[C@@H]1CCCC[C@@]1(N)Nc1nc(-c2c[nH]c3ncc(Cl)cc23)ncc1F. The summed E-state index contributed by atoms with van der Waals surface area (Å²) in [7, 11) is 0. The molecule has 4 rings (SSSR count). The van der Waals surface area contributed by atoms with Crippen LogP contribution in [-0.2, 0) is 9.53 Å². The average molecular weight is 433 g/mol. The van der Waals surface area contributed by atoms with E-state index in [4.69, 9.17) is 22.1 Å². The van der Waals surface area contributed by atoms with Gasteiger partial charge in [-0.25, -0.2) is 19.3 Å². The van der Waals surface area contributed by atoms with Crippen molar-refractivity contribution in [1.82, 2.24) is 19.9 Å². The third kappa shape index (κ3) is 3.82. The first kappa shape index (κ1) is 20.5. The van der Waals surface area contributed by atoms with Gasteiger partial charge in [-0.1, -0.05) is 18.0 Å². The Morgan fingerprint density at radius 2 is 2.27 bits per heavy atom. The minimum Gasteiger partial charge on any atom is -0.466 e. The molecule has 0 bridgehead atoms. The smallest absolute Gasteiger partial charge is 0.312 e. The molecule has 1 saturated carbocycles. The lowest BCUT2D eigenvalue weighted by atomic mass is 9.79. The summed E-state index contributed by atoms with van der Waals surface area (Å²) in [6.07, 6.45) is 7.00. The van der Waals surface area contributed by atoms with E-state index in [1.807, 2.05) is 0 Å². The molecule has 0 radical (unpaired) electrons. The van der Waals surface area contributed by atoms with Crippen LogP contribution in [0.15, 0.2) is 24.7 Å². The molecule has 1 fully saturated rings. The van der Waals surface area contributed by atoms with Crippen LogP contribution in [-0.4, -0.2) is 38.2 Å². The van der Waals surface area contributed by atoms with Gasteiger partial charge >= 0.3 is 5.97 Å². The molecule has 0 saturated heterocycles. The predicted molar refractivity (Wildman–Crippen MR) is 111 cm³/mol. The number of ether oxygens (including phenoxy) is 1. The van der Waals surface area contributed by atoms with Gasteiger partial charge in [-0.05, 0) is 32.3 Å². The molecule has 3 aromatic rings. The van der Waals surface area contributed by atoms with Gasteiger partial charge in [0.1, 0.15) is 11.3 Å². The maximum atomic E-state index is 14.6. The first-order chi connectivity index (χ1) is 14.4. The van der Waals surface area contributed by atoms with Crippen LogP contribution in [0, 0.1) is 11.7 Å². The highest BCUT2D eigenvalue weighted by molar-refractivity contribution is 6.31. The van der Waals surface area contributed by atoms with E-state index < -0.39 is 17.4 Å². The van der Waals surface area contributed by atoms with Crippen molar-refractivity contribution < 1.29 is 13.9 Å². The van der Waals surface area contributed by atoms with Crippen LogP contribution in [0.1, 0.15) is 32.6 Å². The zero-order chi connectivity index (χ0) is 21.3. The van der Waals surface area contributed by atoms with Crippen LogP contribution in [0.25, 0.3) is 22.4 Å². The number of aromatic amines is 1. The fraction of sp³-hybridized carbons (Fsp3) is 0.400. The second-order valence-electron chi connectivity index (χ2n) is 7.36. The Morgan fingerprint density at radius 3 is 3.07 bits per heavy atom. The lowest BCUT2D eigenvalue weighted by Crippen LogP contribution is -2.58. The van der Waals surface area contributed by atoms with Crippen molar-refractivity contribution in [2.24, 2.45) is 11.7 Å². The molecule has 0 spiro atoms. The molecule has 0 aromatic carbocycles. The van der Waals surface area contributed by atoms with Crippen LogP contribution in [0.3, 0.4) is 0 Å². The van der Waals surface area contributed by atoms with E-state index in [2.05, 4.69) is 25.3 Å². The quantitative estimate of drug-likeness (QED) is 0.416. The molecule has 30 heavy (non-hydrogen) atoms. The highest BCUT2D eigenvalue weighted by Crippen LogP contribution is 2.35. The van der Waals surface area contributed by atoms with E-state index >= 15 is 0 Å². The molecule has 0 unspecified atom stereocenters. The minimum atomic E-state index is -1.16. The molecular weight excluding hydrogens is 411 g/mol. The summed E-state index contributed by atoms with van der Waals surface area (Å²) in [5, 5.41) is 4.15. The van der Waals surface area contributed by atoms with Crippen molar-refractivity contribution in [2.75, 3.05) is 11.9 Å². The van der Waals surface area contributed by atoms with Gasteiger partial charge in [0.15, 0.2) is 17.5 Å². The molecule has 4 N–H and O–H groups in total. The summed E-state index contributed by atoms with van der Waals surface area (Å²) < 4.78 is 19.8. The standard InChI is InChI=1S/C20H22ClFN6O2/c1-2-30-19(29)14-5-3-4-6-20(14,23)28-18-15(22)10-26-17(27-18)13-9-25-16-12(13)7-11(21)8-24-16/h7-10,14H,2-6,23H2,1H3,(H,24,25)(H,26,27,28)/t14-,20+/m0/s1. The number of halogens is 2. The number of hydrogen-bond donors (Lipinski definition) is 3. The molecule has 3 heterocycles. The van der Waals surface area contributed by atoms with Gasteiger partial charge in [0.05, 0.1) is 23.7 Å². The van der Waals surface area contributed by atoms with Crippen LogP contribution in [0.5, 0.6) is 0 Å². The molecule has 0 aliphatic heterocycles. The summed E-state index contributed by atoms with van der Waals surface area (Å²) >= 11 is 6.06. The summed E-state index contributed by atoms with van der Waals surface area (Å²) in [6.45, 7) is 2.00. The van der Waals surface area contributed by atoms with E-state index in [1.165, 1.54) is 6.20 Å². The Bertz CT molecular complexity index is 1090. The monoisotopic (exact) mass is 432 g/mol. The highest BCUT2D eigenvalue weighted by atomic mass is 35.5. The third-order valence-corrected chi connectivity index (χ3v) is 5.57. The second-order valence-corrected chi connectivity index (χ2v) is 7.79.